The molecule has 0 bridgehead atoms. The monoisotopic (exact) mass is 528 g/mol. The minimum Gasteiger partial charge on any atom is -0.467 e. The molecule has 0 amide bonds. The second kappa shape index (κ2) is 11.0. The highest BCUT2D eigenvalue weighted by Crippen LogP contribution is 2.65. The van der Waals surface area contributed by atoms with E-state index in [1.165, 1.54) is 37.8 Å². The van der Waals surface area contributed by atoms with Crippen LogP contribution in [-0.2, 0) is 36.4 Å². The zero-order valence-electron chi connectivity index (χ0n) is 20.3. The van der Waals surface area contributed by atoms with E-state index in [9.17, 15) is 19.5 Å². The van der Waals surface area contributed by atoms with Crippen molar-refractivity contribution in [1.29, 1.82) is 0 Å². The Labute approximate surface area is 212 Å². The molecule has 0 spiro atoms. The number of methoxy groups -OCH3 is 1. The van der Waals surface area contributed by atoms with Gasteiger partial charge in [0.15, 0.2) is 0 Å². The molecule has 0 radical (unpaired) electrons. The van der Waals surface area contributed by atoms with Gasteiger partial charge in [-0.05, 0) is 43.7 Å². The third kappa shape index (κ3) is 5.59. The van der Waals surface area contributed by atoms with Crippen molar-refractivity contribution in [2.45, 2.75) is 33.0 Å². The maximum Gasteiger partial charge on any atom is 0.360 e. The van der Waals surface area contributed by atoms with Gasteiger partial charge < -0.3 is 18.9 Å². The predicted octanol–water partition coefficient (Wildman–Crippen LogP) is 5.77. The maximum absolute atomic E-state index is 14.6. The molecule has 0 fully saturated rings. The zero-order chi connectivity index (χ0) is 26.6. The Hall–Kier alpha value is -3.92. The highest BCUT2D eigenvalue weighted by Gasteiger charge is 2.45. The number of rotatable bonds is 10. The largest absolute Gasteiger partial charge is 0.467 e. The molecule has 3 aromatic rings. The van der Waals surface area contributed by atoms with Gasteiger partial charge in [0, 0.05) is 23.5 Å². The lowest BCUT2D eigenvalue weighted by atomic mass is 9.86. The Morgan fingerprint density at radius 2 is 1.65 bits per heavy atom. The summed E-state index contributed by atoms with van der Waals surface area (Å²) in [5.41, 5.74) is 1.11. The molecule has 0 saturated heterocycles. The fourth-order valence-corrected chi connectivity index (χ4v) is 6.14. The number of allylic oxidation sites excluding steroid dienone is 3. The Kier molecular flexibility index (Phi) is 7.77. The number of nitrogens with one attached hydrogen (secondary N) is 1. The minimum absolute atomic E-state index is 0.108. The average Bonchev–Trinajstić information content (AvgIpc) is 3.60. The number of dihydropyridines is 1. The van der Waals surface area contributed by atoms with Gasteiger partial charge in [0.1, 0.15) is 24.7 Å². The molecule has 11 nitrogen and oxygen atoms in total. The van der Waals surface area contributed by atoms with Gasteiger partial charge in [-0.3, -0.25) is 23.7 Å². The number of ether oxygens (including phenoxy) is 1. The summed E-state index contributed by atoms with van der Waals surface area (Å²) in [7, 11) is -3.00. The van der Waals surface area contributed by atoms with E-state index in [1.54, 1.807) is 44.2 Å². The summed E-state index contributed by atoms with van der Waals surface area (Å²) in [6.07, 6.45) is 2.90. The number of furan rings is 2. The Morgan fingerprint density at radius 3 is 2.16 bits per heavy atom. The van der Waals surface area contributed by atoms with Gasteiger partial charge in [-0.25, -0.2) is 4.79 Å². The lowest BCUT2D eigenvalue weighted by Crippen LogP contribution is -2.29. The molecule has 1 aromatic carbocycles. The van der Waals surface area contributed by atoms with E-state index in [2.05, 4.69) is 5.32 Å². The molecule has 0 aliphatic carbocycles. The Bertz CT molecular complexity index is 1350. The summed E-state index contributed by atoms with van der Waals surface area (Å²) in [5.74, 6) is -0.936. The summed E-state index contributed by atoms with van der Waals surface area (Å²) in [5, 5.41) is 14.7. The van der Waals surface area contributed by atoms with Crippen molar-refractivity contribution in [3.05, 3.63) is 111 Å². The summed E-state index contributed by atoms with van der Waals surface area (Å²) in [4.78, 5) is 24.0. The number of hydrogen-bond acceptors (Lipinski definition) is 10. The van der Waals surface area contributed by atoms with E-state index in [-0.39, 0.29) is 29.8 Å². The van der Waals surface area contributed by atoms with E-state index in [0.717, 1.165) is 0 Å². The first-order valence-corrected chi connectivity index (χ1v) is 12.7. The van der Waals surface area contributed by atoms with Gasteiger partial charge in [0.25, 0.3) is 5.69 Å². The third-order valence-electron chi connectivity index (χ3n) is 5.75. The lowest BCUT2D eigenvalue weighted by molar-refractivity contribution is -0.384. The van der Waals surface area contributed by atoms with Gasteiger partial charge in [-0.15, -0.1) is 0 Å². The van der Waals surface area contributed by atoms with Gasteiger partial charge in [-0.2, -0.15) is 0 Å². The molecule has 1 atom stereocenters. The van der Waals surface area contributed by atoms with Crippen LogP contribution in [0.5, 0.6) is 0 Å². The van der Waals surface area contributed by atoms with Crippen LogP contribution in [0.2, 0.25) is 0 Å². The van der Waals surface area contributed by atoms with Gasteiger partial charge in [0.2, 0.25) is 0 Å². The van der Waals surface area contributed by atoms with Gasteiger partial charge in [-0.1, -0.05) is 12.1 Å². The third-order valence-corrected chi connectivity index (χ3v) is 7.88. The van der Waals surface area contributed by atoms with Crippen LogP contribution in [-0.4, -0.2) is 18.0 Å². The first-order chi connectivity index (χ1) is 17.7. The van der Waals surface area contributed by atoms with Crippen molar-refractivity contribution >= 4 is 19.3 Å². The molecule has 1 aliphatic rings. The fraction of sp³-hybridized carbons (Fsp3) is 0.240. The lowest BCUT2D eigenvalue weighted by Gasteiger charge is -2.34. The molecular formula is C25H25N2O9P. The fourth-order valence-electron chi connectivity index (χ4n) is 4.13. The highest BCUT2D eigenvalue weighted by molar-refractivity contribution is 7.58. The normalized spacial score (nSPS) is 16.0. The van der Waals surface area contributed by atoms with Gasteiger partial charge in [0.05, 0.1) is 41.4 Å². The van der Waals surface area contributed by atoms with Crippen LogP contribution in [0.3, 0.4) is 0 Å². The molecule has 3 heterocycles. The molecule has 4 rings (SSSR count). The zero-order valence-corrected chi connectivity index (χ0v) is 21.2. The van der Waals surface area contributed by atoms with Crippen LogP contribution in [0.1, 0.15) is 36.8 Å². The number of carbonyl (C=O) groups is 1. The topological polar surface area (TPSA) is 143 Å². The predicted molar refractivity (Wildman–Crippen MR) is 131 cm³/mol. The van der Waals surface area contributed by atoms with Crippen LogP contribution >= 0.6 is 7.60 Å². The second-order valence-corrected chi connectivity index (χ2v) is 10.1. The quantitative estimate of drug-likeness (QED) is 0.149. The van der Waals surface area contributed by atoms with Crippen molar-refractivity contribution in [3.63, 3.8) is 0 Å². The van der Waals surface area contributed by atoms with Crippen LogP contribution in [0.15, 0.2) is 92.2 Å². The number of nitrogens with zero attached hydrogens (tertiary/aromatic N) is 1. The summed E-state index contributed by atoms with van der Waals surface area (Å²) >= 11 is 0. The standard InChI is InChI=1S/C25H25N2O9P/c1-16-22(25(28)32-3)23(18-7-4-8-19(13-18)27(29)30)24(17(2)26-16)37(31,35-14-20-9-5-11-33-20)36-15-21-10-6-12-34-21/h4-13,23,26H,14-15H2,1-3H3. The number of esters is 1. The molecule has 194 valence electrons. The van der Waals surface area contributed by atoms with E-state index < -0.39 is 24.4 Å². The number of nitro groups is 1. The molecule has 0 saturated carbocycles. The molecule has 1 unspecified atom stereocenters. The number of benzene rings is 1. The average molecular weight is 528 g/mol. The molecule has 1 N–H and O–H groups in total. The smallest absolute Gasteiger partial charge is 0.360 e. The molecular weight excluding hydrogens is 503 g/mol. The Balaban J connectivity index is 1.86. The van der Waals surface area contributed by atoms with E-state index in [4.69, 9.17) is 22.6 Å². The van der Waals surface area contributed by atoms with Gasteiger partial charge >= 0.3 is 13.6 Å². The van der Waals surface area contributed by atoms with Crippen molar-refractivity contribution in [3.8, 4) is 0 Å². The van der Waals surface area contributed by atoms with E-state index in [0.29, 0.717) is 28.5 Å². The summed E-state index contributed by atoms with van der Waals surface area (Å²) < 4.78 is 42.1. The SMILES string of the molecule is COC(=O)C1=C(C)NC(C)=C(P(=O)(OCc2ccco2)OCc2ccco2)C1c1cccc([N+](=O)[O-])c1. The molecule has 1 aliphatic heterocycles. The van der Waals surface area contributed by atoms with Crippen LogP contribution in [0.25, 0.3) is 0 Å². The first-order valence-electron chi connectivity index (χ1n) is 11.2. The second-order valence-electron chi connectivity index (χ2n) is 8.15. The maximum atomic E-state index is 14.6. The van der Waals surface area contributed by atoms with Crippen molar-refractivity contribution in [1.82, 2.24) is 5.32 Å². The number of nitro benzene ring substituents is 1. The van der Waals surface area contributed by atoms with Crippen molar-refractivity contribution in [2.75, 3.05) is 7.11 Å². The van der Waals surface area contributed by atoms with Crippen LogP contribution in [0, 0.1) is 10.1 Å². The highest BCUT2D eigenvalue weighted by atomic mass is 31.2. The number of non-ortho nitro benzene ring substituents is 1. The van der Waals surface area contributed by atoms with Crippen molar-refractivity contribution in [2.24, 2.45) is 0 Å². The molecule has 37 heavy (non-hydrogen) atoms. The Morgan fingerprint density at radius 1 is 1.03 bits per heavy atom. The number of carbonyl (C=O) groups excluding carboxylic acids is 1. The molecule has 12 heteroatoms. The molecule has 2 aromatic heterocycles. The van der Waals surface area contributed by atoms with Crippen LogP contribution in [0.4, 0.5) is 5.69 Å². The van der Waals surface area contributed by atoms with Crippen LogP contribution < -0.4 is 5.32 Å². The van der Waals surface area contributed by atoms with E-state index in [1.807, 2.05) is 0 Å². The first kappa shape index (κ1) is 26.2. The van der Waals surface area contributed by atoms with Crippen molar-refractivity contribution < 1.29 is 36.9 Å². The summed E-state index contributed by atoms with van der Waals surface area (Å²) in [6.45, 7) is 2.93. The van der Waals surface area contributed by atoms with E-state index >= 15 is 0 Å². The summed E-state index contributed by atoms with van der Waals surface area (Å²) in [6, 6.07) is 12.4. The minimum atomic E-state index is -4.22. The number of hydrogen-bond donors (Lipinski definition) is 1.